The Morgan fingerprint density at radius 2 is 2.00 bits per heavy atom. The summed E-state index contributed by atoms with van der Waals surface area (Å²) in [5.41, 5.74) is 2.39. The summed E-state index contributed by atoms with van der Waals surface area (Å²) in [5.74, 6) is 1.85. The van der Waals surface area contributed by atoms with Crippen molar-refractivity contribution in [2.75, 3.05) is 32.7 Å². The minimum Gasteiger partial charge on any atom is -0.486 e. The summed E-state index contributed by atoms with van der Waals surface area (Å²) in [7, 11) is 0. The van der Waals surface area contributed by atoms with Gasteiger partial charge in [-0.3, -0.25) is 4.99 Å². The van der Waals surface area contributed by atoms with Crippen LogP contribution in [0.25, 0.3) is 5.57 Å². The second kappa shape index (κ2) is 11.1. The number of piperidine rings is 1. The fourth-order valence-electron chi connectivity index (χ4n) is 5.86. The van der Waals surface area contributed by atoms with E-state index in [1.165, 1.54) is 0 Å². The minimum atomic E-state index is -0.521. The first-order valence-electron chi connectivity index (χ1n) is 14.2. The fraction of sp³-hybridized carbons (Fsp3) is 0.633. The molecule has 206 valence electrons. The Morgan fingerprint density at radius 3 is 2.63 bits per heavy atom. The molecule has 2 atom stereocenters. The summed E-state index contributed by atoms with van der Waals surface area (Å²) in [4.78, 5) is 25.7. The Morgan fingerprint density at radius 1 is 1.21 bits per heavy atom. The first-order chi connectivity index (χ1) is 18.2. The van der Waals surface area contributed by atoms with Crippen LogP contribution in [0.15, 0.2) is 28.2 Å². The Bertz CT molecular complexity index is 1130. The second-order valence-corrected chi connectivity index (χ2v) is 12.0. The molecule has 8 heteroatoms. The van der Waals surface area contributed by atoms with Crippen LogP contribution < -0.4 is 4.74 Å². The molecule has 0 aromatic heterocycles. The van der Waals surface area contributed by atoms with Gasteiger partial charge < -0.3 is 19.3 Å². The van der Waals surface area contributed by atoms with Crippen LogP contribution in [0.5, 0.6) is 5.75 Å². The third-order valence-electron chi connectivity index (χ3n) is 7.92. The SMILES string of the molecule is CCCC1C=NC(N2CCC(C3Cc4cc(C5=CCN(C(=O)OC(C)(C)C)CC5)cc(F)c4O3)CC2)=NC1. The van der Waals surface area contributed by atoms with E-state index in [4.69, 9.17) is 14.5 Å². The van der Waals surface area contributed by atoms with Gasteiger partial charge in [0.1, 0.15) is 11.7 Å². The van der Waals surface area contributed by atoms with Crippen LogP contribution in [0.1, 0.15) is 70.9 Å². The highest BCUT2D eigenvalue weighted by Crippen LogP contribution is 2.39. The van der Waals surface area contributed by atoms with Gasteiger partial charge in [0.15, 0.2) is 11.6 Å². The number of hydrogen-bond acceptors (Lipinski definition) is 6. The Labute approximate surface area is 225 Å². The number of ether oxygens (including phenoxy) is 2. The van der Waals surface area contributed by atoms with Gasteiger partial charge in [-0.2, -0.15) is 0 Å². The van der Waals surface area contributed by atoms with Gasteiger partial charge in [0.25, 0.3) is 0 Å². The average Bonchev–Trinajstić information content (AvgIpc) is 3.34. The van der Waals surface area contributed by atoms with Crippen molar-refractivity contribution in [1.82, 2.24) is 9.80 Å². The van der Waals surface area contributed by atoms with Crippen LogP contribution in [0, 0.1) is 17.7 Å². The van der Waals surface area contributed by atoms with Crippen LogP contribution >= 0.6 is 0 Å². The van der Waals surface area contributed by atoms with Crippen LogP contribution in [-0.4, -0.2) is 72.5 Å². The van der Waals surface area contributed by atoms with E-state index >= 15 is 4.39 Å². The van der Waals surface area contributed by atoms with Crippen LogP contribution in [0.2, 0.25) is 0 Å². The molecule has 5 rings (SSSR count). The number of guanidine groups is 1. The van der Waals surface area contributed by atoms with Gasteiger partial charge in [0, 0.05) is 50.3 Å². The number of benzene rings is 1. The zero-order valence-electron chi connectivity index (χ0n) is 23.2. The number of amides is 1. The highest BCUT2D eigenvalue weighted by atomic mass is 19.1. The molecule has 4 heterocycles. The average molecular weight is 525 g/mol. The lowest BCUT2D eigenvalue weighted by atomic mass is 9.88. The molecule has 0 N–H and O–H groups in total. The van der Waals surface area contributed by atoms with Gasteiger partial charge in [-0.15, -0.1) is 0 Å². The maximum atomic E-state index is 15.2. The van der Waals surface area contributed by atoms with E-state index in [-0.39, 0.29) is 18.0 Å². The summed E-state index contributed by atoms with van der Waals surface area (Å²) in [5, 5.41) is 0. The number of aliphatic imine (C=N–C) groups is 2. The second-order valence-electron chi connectivity index (χ2n) is 12.0. The number of likely N-dealkylation sites (tertiary alicyclic amines) is 1. The van der Waals surface area contributed by atoms with Crippen LogP contribution in [0.4, 0.5) is 9.18 Å². The predicted molar refractivity (Wildman–Crippen MR) is 148 cm³/mol. The summed E-state index contributed by atoms with van der Waals surface area (Å²) < 4.78 is 26.8. The van der Waals surface area contributed by atoms with E-state index in [2.05, 4.69) is 29.1 Å². The standard InChI is InChI=1S/C30H41FN4O3/c1-5-6-20-18-32-28(33-19-20)34-11-9-22(10-12-34)26-17-24-15-23(16-25(31)27(24)37-26)21-7-13-35(14-8-21)29(36)38-30(2,3)4/h7,15-16,18,20,22,26H,5-6,8-14,17,19H2,1-4H3. The normalized spacial score (nSPS) is 24.0. The maximum absolute atomic E-state index is 15.2. The van der Waals surface area contributed by atoms with Crippen molar-refractivity contribution in [3.8, 4) is 5.75 Å². The molecule has 1 aromatic carbocycles. The molecule has 1 fully saturated rings. The predicted octanol–water partition coefficient (Wildman–Crippen LogP) is 5.72. The van der Waals surface area contributed by atoms with Crippen molar-refractivity contribution in [3.05, 3.63) is 35.2 Å². The third kappa shape index (κ3) is 6.05. The zero-order chi connectivity index (χ0) is 26.9. The van der Waals surface area contributed by atoms with E-state index in [0.717, 1.165) is 74.4 Å². The van der Waals surface area contributed by atoms with Crippen molar-refractivity contribution in [2.45, 2.75) is 77.9 Å². The Kier molecular flexibility index (Phi) is 7.78. The number of carbonyl (C=O) groups excluding carboxylic acids is 1. The highest BCUT2D eigenvalue weighted by Gasteiger charge is 2.36. The van der Waals surface area contributed by atoms with Crippen molar-refractivity contribution in [2.24, 2.45) is 21.8 Å². The first-order valence-corrected chi connectivity index (χ1v) is 14.2. The Balaban J connectivity index is 1.17. The van der Waals surface area contributed by atoms with E-state index in [1.807, 2.05) is 26.8 Å². The maximum Gasteiger partial charge on any atom is 0.410 e. The number of carbonyl (C=O) groups is 1. The van der Waals surface area contributed by atoms with E-state index < -0.39 is 5.60 Å². The third-order valence-corrected chi connectivity index (χ3v) is 7.92. The molecular formula is C30H41FN4O3. The molecule has 4 aliphatic rings. The molecule has 0 aliphatic carbocycles. The van der Waals surface area contributed by atoms with Gasteiger partial charge in [-0.05, 0) is 75.6 Å². The molecular weight excluding hydrogens is 483 g/mol. The first kappa shape index (κ1) is 26.7. The summed E-state index contributed by atoms with van der Waals surface area (Å²) in [6, 6.07) is 3.67. The molecule has 0 radical (unpaired) electrons. The van der Waals surface area contributed by atoms with E-state index in [0.29, 0.717) is 37.1 Å². The van der Waals surface area contributed by atoms with Crippen LogP contribution in [-0.2, 0) is 11.2 Å². The monoisotopic (exact) mass is 524 g/mol. The number of fused-ring (bicyclic) bond motifs is 1. The number of nitrogens with zero attached hydrogens (tertiary/aromatic N) is 4. The van der Waals surface area contributed by atoms with Crippen molar-refractivity contribution in [1.29, 1.82) is 0 Å². The van der Waals surface area contributed by atoms with Crippen LogP contribution in [0.3, 0.4) is 0 Å². The summed E-state index contributed by atoms with van der Waals surface area (Å²) in [6.45, 7) is 11.5. The lowest BCUT2D eigenvalue weighted by Gasteiger charge is -2.35. The van der Waals surface area contributed by atoms with Gasteiger partial charge in [-0.1, -0.05) is 19.4 Å². The summed E-state index contributed by atoms with van der Waals surface area (Å²) >= 11 is 0. The molecule has 0 spiro atoms. The molecule has 0 bridgehead atoms. The van der Waals surface area contributed by atoms with Crippen molar-refractivity contribution < 1.29 is 18.7 Å². The van der Waals surface area contributed by atoms with Crippen molar-refractivity contribution >= 4 is 23.8 Å². The van der Waals surface area contributed by atoms with E-state index in [9.17, 15) is 4.79 Å². The molecule has 38 heavy (non-hydrogen) atoms. The number of hydrogen-bond donors (Lipinski definition) is 0. The summed E-state index contributed by atoms with van der Waals surface area (Å²) in [6.07, 6.45) is 9.47. The van der Waals surface area contributed by atoms with Gasteiger partial charge in [0.2, 0.25) is 5.96 Å². The molecule has 1 saturated heterocycles. The smallest absolute Gasteiger partial charge is 0.410 e. The van der Waals surface area contributed by atoms with Gasteiger partial charge >= 0.3 is 6.09 Å². The number of halogens is 1. The Hall–Kier alpha value is -2.90. The topological polar surface area (TPSA) is 66.7 Å². The van der Waals surface area contributed by atoms with Crippen molar-refractivity contribution in [3.63, 3.8) is 0 Å². The molecule has 1 amide bonds. The largest absolute Gasteiger partial charge is 0.486 e. The van der Waals surface area contributed by atoms with Gasteiger partial charge in [0.05, 0.1) is 6.54 Å². The van der Waals surface area contributed by atoms with E-state index in [1.54, 1.807) is 11.0 Å². The molecule has 0 saturated carbocycles. The number of rotatable bonds is 4. The zero-order valence-corrected chi connectivity index (χ0v) is 23.2. The fourth-order valence-corrected chi connectivity index (χ4v) is 5.86. The minimum absolute atomic E-state index is 0.00521. The lowest BCUT2D eigenvalue weighted by Crippen LogP contribution is -2.42. The molecule has 1 aromatic rings. The molecule has 4 aliphatic heterocycles. The quantitative estimate of drug-likeness (QED) is 0.505. The lowest BCUT2D eigenvalue weighted by molar-refractivity contribution is 0.0270. The van der Waals surface area contributed by atoms with Gasteiger partial charge in [-0.25, -0.2) is 14.2 Å². The molecule has 7 nitrogen and oxygen atoms in total. The molecule has 2 unspecified atom stereocenters. The highest BCUT2D eigenvalue weighted by molar-refractivity contribution is 5.90.